The Balaban J connectivity index is 1.90. The van der Waals surface area contributed by atoms with Crippen molar-refractivity contribution in [1.82, 2.24) is 10.2 Å². The molecule has 22 heavy (non-hydrogen) atoms. The lowest BCUT2D eigenvalue weighted by Crippen LogP contribution is -2.46. The lowest BCUT2D eigenvalue weighted by Gasteiger charge is -2.32. The first kappa shape index (κ1) is 14.9. The zero-order chi connectivity index (χ0) is 15.9. The van der Waals surface area contributed by atoms with Crippen LogP contribution in [0.15, 0.2) is 22.5 Å². The Bertz CT molecular complexity index is 690. The van der Waals surface area contributed by atoms with Crippen LogP contribution in [0.25, 0.3) is 0 Å². The second-order valence-corrected chi connectivity index (χ2v) is 5.87. The number of ether oxygens (including phenoxy) is 2. The SMILES string of the molecule is CC(=O)NC[C@@H]1OC(=C=O)N2Cc3cc(Br)c(F)cc3O[C@@H]12. The van der Waals surface area contributed by atoms with Gasteiger partial charge in [0.05, 0.1) is 17.6 Å². The normalized spacial score (nSPS) is 22.1. The van der Waals surface area contributed by atoms with E-state index in [1.807, 2.05) is 0 Å². The van der Waals surface area contributed by atoms with E-state index in [0.29, 0.717) is 16.8 Å². The highest BCUT2D eigenvalue weighted by molar-refractivity contribution is 9.10. The summed E-state index contributed by atoms with van der Waals surface area (Å²) in [5, 5.41) is 2.61. The van der Waals surface area contributed by atoms with E-state index in [2.05, 4.69) is 21.2 Å². The number of fused-ring (bicyclic) bond motifs is 2. The molecule has 0 aromatic heterocycles. The molecule has 6 nitrogen and oxygen atoms in total. The summed E-state index contributed by atoms with van der Waals surface area (Å²) in [4.78, 5) is 23.7. The average molecular weight is 371 g/mol. The van der Waals surface area contributed by atoms with Crippen molar-refractivity contribution >= 4 is 27.8 Å². The molecule has 1 N–H and O–H groups in total. The van der Waals surface area contributed by atoms with Crippen LogP contribution in [0.2, 0.25) is 0 Å². The maximum atomic E-state index is 13.6. The predicted octanol–water partition coefficient (Wildman–Crippen LogP) is 1.32. The summed E-state index contributed by atoms with van der Waals surface area (Å²) in [5.41, 5.74) is 0.723. The van der Waals surface area contributed by atoms with Gasteiger partial charge in [0, 0.05) is 18.6 Å². The van der Waals surface area contributed by atoms with Crippen LogP contribution in [0.1, 0.15) is 12.5 Å². The highest BCUT2D eigenvalue weighted by Gasteiger charge is 2.44. The van der Waals surface area contributed by atoms with Gasteiger partial charge in [0.2, 0.25) is 12.1 Å². The highest BCUT2D eigenvalue weighted by atomic mass is 79.9. The molecule has 1 saturated heterocycles. The van der Waals surface area contributed by atoms with E-state index in [4.69, 9.17) is 9.47 Å². The maximum absolute atomic E-state index is 13.6. The van der Waals surface area contributed by atoms with E-state index in [9.17, 15) is 14.0 Å². The van der Waals surface area contributed by atoms with Crippen molar-refractivity contribution in [2.45, 2.75) is 25.8 Å². The van der Waals surface area contributed by atoms with Crippen LogP contribution in [0.3, 0.4) is 0 Å². The second kappa shape index (κ2) is 5.62. The predicted molar refractivity (Wildman–Crippen MR) is 76.8 cm³/mol. The Morgan fingerprint density at radius 2 is 2.32 bits per heavy atom. The number of hydrogen-bond donors (Lipinski definition) is 1. The molecule has 0 unspecified atom stereocenters. The number of amides is 1. The Morgan fingerprint density at radius 1 is 1.55 bits per heavy atom. The number of hydrogen-bond acceptors (Lipinski definition) is 5. The van der Waals surface area contributed by atoms with Gasteiger partial charge in [0.15, 0.2) is 12.0 Å². The van der Waals surface area contributed by atoms with E-state index < -0.39 is 18.1 Å². The third-order valence-corrected chi connectivity index (χ3v) is 4.09. The van der Waals surface area contributed by atoms with Crippen LogP contribution in [0, 0.1) is 5.82 Å². The Labute approximate surface area is 134 Å². The highest BCUT2D eigenvalue weighted by Crippen LogP contribution is 2.38. The van der Waals surface area contributed by atoms with E-state index >= 15 is 0 Å². The van der Waals surface area contributed by atoms with Crippen molar-refractivity contribution in [2.75, 3.05) is 6.54 Å². The molecule has 0 saturated carbocycles. The molecule has 1 amide bonds. The lowest BCUT2D eigenvalue weighted by atomic mass is 10.1. The van der Waals surface area contributed by atoms with Gasteiger partial charge in [-0.15, -0.1) is 0 Å². The average Bonchev–Trinajstić information content (AvgIpc) is 2.81. The lowest BCUT2D eigenvalue weighted by molar-refractivity contribution is -0.119. The fourth-order valence-electron chi connectivity index (χ4n) is 2.47. The zero-order valence-electron chi connectivity index (χ0n) is 11.6. The van der Waals surface area contributed by atoms with E-state index in [1.54, 1.807) is 16.9 Å². The summed E-state index contributed by atoms with van der Waals surface area (Å²) in [6, 6.07) is 2.89. The molecule has 2 atom stereocenters. The number of carbonyl (C=O) groups excluding carboxylic acids is 2. The fourth-order valence-corrected chi connectivity index (χ4v) is 2.86. The van der Waals surface area contributed by atoms with Gasteiger partial charge >= 0.3 is 0 Å². The molecule has 0 spiro atoms. The van der Waals surface area contributed by atoms with Gasteiger partial charge in [0.1, 0.15) is 11.6 Å². The number of rotatable bonds is 2. The Hall–Kier alpha value is -2.05. The van der Waals surface area contributed by atoms with Gasteiger partial charge < -0.3 is 14.8 Å². The van der Waals surface area contributed by atoms with E-state index in [-0.39, 0.29) is 18.3 Å². The Morgan fingerprint density at radius 3 is 3.00 bits per heavy atom. The van der Waals surface area contributed by atoms with Crippen molar-refractivity contribution in [1.29, 1.82) is 0 Å². The van der Waals surface area contributed by atoms with Crippen LogP contribution in [0.4, 0.5) is 4.39 Å². The van der Waals surface area contributed by atoms with Crippen LogP contribution in [0.5, 0.6) is 5.75 Å². The minimum absolute atomic E-state index is 0.0199. The second-order valence-electron chi connectivity index (χ2n) is 5.01. The van der Waals surface area contributed by atoms with Gasteiger partial charge in [-0.25, -0.2) is 9.18 Å². The minimum atomic E-state index is -0.614. The summed E-state index contributed by atoms with van der Waals surface area (Å²) in [6.07, 6.45) is -1.18. The van der Waals surface area contributed by atoms with Gasteiger partial charge in [-0.2, -0.15) is 0 Å². The van der Waals surface area contributed by atoms with E-state index in [0.717, 1.165) is 5.56 Å². The van der Waals surface area contributed by atoms with Crippen molar-refractivity contribution < 1.29 is 23.5 Å². The van der Waals surface area contributed by atoms with Crippen LogP contribution in [-0.2, 0) is 20.9 Å². The maximum Gasteiger partial charge on any atom is 0.281 e. The summed E-state index contributed by atoms with van der Waals surface area (Å²) >= 11 is 3.12. The molecule has 0 radical (unpaired) electrons. The monoisotopic (exact) mass is 370 g/mol. The number of halogens is 2. The molecule has 0 bridgehead atoms. The van der Waals surface area contributed by atoms with Gasteiger partial charge in [-0.05, 0) is 22.0 Å². The van der Waals surface area contributed by atoms with Crippen LogP contribution >= 0.6 is 15.9 Å². The molecule has 1 aromatic rings. The van der Waals surface area contributed by atoms with Crippen LogP contribution in [-0.4, -0.2) is 35.6 Å². The minimum Gasteiger partial charge on any atom is -0.466 e. The molecule has 2 heterocycles. The summed E-state index contributed by atoms with van der Waals surface area (Å²) in [5.74, 6) is 1.49. The summed E-state index contributed by atoms with van der Waals surface area (Å²) in [7, 11) is 0. The molecule has 1 fully saturated rings. The first-order chi connectivity index (χ1) is 10.5. The number of nitrogens with zero attached hydrogens (tertiary/aromatic N) is 1. The molecule has 2 aliphatic heterocycles. The number of benzene rings is 1. The zero-order valence-corrected chi connectivity index (χ0v) is 13.1. The largest absolute Gasteiger partial charge is 0.466 e. The topological polar surface area (TPSA) is 67.9 Å². The fraction of sp³-hybridized carbons (Fsp3) is 0.357. The number of nitrogens with one attached hydrogen (secondary N) is 1. The van der Waals surface area contributed by atoms with Gasteiger partial charge in [0.25, 0.3) is 5.88 Å². The summed E-state index contributed by atoms with van der Waals surface area (Å²) in [6.45, 7) is 1.89. The van der Waals surface area contributed by atoms with Crippen LogP contribution < -0.4 is 10.1 Å². The first-order valence-corrected chi connectivity index (χ1v) is 7.36. The summed E-state index contributed by atoms with van der Waals surface area (Å²) < 4.78 is 25.2. The standard InChI is InChI=1S/C14H12BrFN2O4/c1-7(20)17-4-12-14-18(13(6-19)21-12)5-8-2-9(15)10(16)3-11(8)22-14/h2-3,12,14H,4-5H2,1H3,(H,17,20)/t12-,14-/m0/s1. The number of carbonyl (C=O) groups is 1. The third kappa shape index (κ3) is 2.55. The smallest absolute Gasteiger partial charge is 0.281 e. The molecule has 8 heteroatoms. The van der Waals surface area contributed by atoms with Gasteiger partial charge in [-0.3, -0.25) is 9.69 Å². The molecular weight excluding hydrogens is 359 g/mol. The molecule has 1 aromatic carbocycles. The molecular formula is C14H12BrFN2O4. The Kier molecular flexibility index (Phi) is 3.80. The van der Waals surface area contributed by atoms with Gasteiger partial charge in [-0.1, -0.05) is 0 Å². The molecule has 3 rings (SSSR count). The molecule has 2 aliphatic rings. The third-order valence-electron chi connectivity index (χ3n) is 3.48. The molecule has 116 valence electrons. The quantitative estimate of drug-likeness (QED) is 0.795. The molecule has 0 aliphatic carbocycles. The first-order valence-electron chi connectivity index (χ1n) is 6.57. The van der Waals surface area contributed by atoms with E-state index in [1.165, 1.54) is 13.0 Å². The van der Waals surface area contributed by atoms with Crippen molar-refractivity contribution in [3.63, 3.8) is 0 Å². The van der Waals surface area contributed by atoms with Crippen molar-refractivity contribution in [3.8, 4) is 5.75 Å². The van der Waals surface area contributed by atoms with Crippen molar-refractivity contribution in [3.05, 3.63) is 33.9 Å². The van der Waals surface area contributed by atoms with Crippen molar-refractivity contribution in [2.24, 2.45) is 0 Å².